The van der Waals surface area contributed by atoms with E-state index in [1.807, 2.05) is 44.8 Å². The first-order chi connectivity index (χ1) is 39.4. The van der Waals surface area contributed by atoms with Crippen molar-refractivity contribution in [3.05, 3.63) is 23.8 Å². The summed E-state index contributed by atoms with van der Waals surface area (Å²) in [6.07, 6.45) is -5.63. The molecule has 0 spiro atoms. The van der Waals surface area contributed by atoms with Gasteiger partial charge in [-0.15, -0.1) is 0 Å². The summed E-state index contributed by atoms with van der Waals surface area (Å²) in [6, 6.07) is -1.08. The quantitative estimate of drug-likeness (QED) is 0.0711. The van der Waals surface area contributed by atoms with Gasteiger partial charge in [-0.2, -0.15) is 0 Å². The summed E-state index contributed by atoms with van der Waals surface area (Å²) in [5, 5.41) is 72.3. The molecule has 26 atom stereocenters. The van der Waals surface area contributed by atoms with Crippen LogP contribution < -0.4 is 0 Å². The highest BCUT2D eigenvalue weighted by Gasteiger charge is 2.76. The molecule has 4 aliphatic carbocycles. The van der Waals surface area contributed by atoms with Gasteiger partial charge >= 0.3 is 17.9 Å². The maximum absolute atomic E-state index is 17.8. The Morgan fingerprint density at radius 2 is 1.54 bits per heavy atom. The number of ketones is 1. The SMILES string of the molecule is CC[C@H]1OC(=O)[C@H](C)[C@@H](OC2C[C@](C)(OC)[C@H](O)C(C)O2)[C@H](C)[C@@H](OC2OC(C)C[C@@H](N(C)C)C2OC(=O)CCCCOC(=O)[C@@]2(O)[C@H](C)CC3C4CCC5=CC(=O)C=C[C@]5(C)[C@@]4(F)[C@@H](O)C[C@@]32C)[C@](C)(O)C[C@@H](C)CN(C)[C@H](C)[C@@H](O)[C@]1(C)O. The lowest BCUT2D eigenvalue weighted by Crippen LogP contribution is -2.69. The predicted molar refractivity (Wildman–Crippen MR) is 311 cm³/mol. The van der Waals surface area contributed by atoms with Gasteiger partial charge in [0.2, 0.25) is 0 Å². The lowest BCUT2D eigenvalue weighted by Gasteiger charge is -2.62. The number of carbonyl (C=O) groups is 4. The molecule has 3 saturated heterocycles. The number of esters is 3. The minimum absolute atomic E-state index is 0.0493. The fourth-order valence-corrected chi connectivity index (χ4v) is 16.7. The van der Waals surface area contributed by atoms with Gasteiger partial charge in [-0.1, -0.05) is 46.3 Å². The van der Waals surface area contributed by atoms with Crippen LogP contribution in [0.5, 0.6) is 0 Å². The summed E-state index contributed by atoms with van der Waals surface area (Å²) >= 11 is 0. The van der Waals surface area contributed by atoms with Gasteiger partial charge in [0.25, 0.3) is 0 Å². The summed E-state index contributed by atoms with van der Waals surface area (Å²) in [5.74, 6) is -6.55. The zero-order chi connectivity index (χ0) is 63.5. The van der Waals surface area contributed by atoms with E-state index in [0.29, 0.717) is 37.8 Å². The lowest BCUT2D eigenvalue weighted by molar-refractivity contribution is -0.319. The molecule has 6 N–H and O–H groups in total. The van der Waals surface area contributed by atoms with Crippen LogP contribution in [0, 0.1) is 46.3 Å². The summed E-state index contributed by atoms with van der Waals surface area (Å²) < 4.78 is 68.8. The standard InChI is InChI=1S/C64H105FN2O18/c1-18-47-62(13,76)52(71)39(7)67(16)33-34(2)30-60(11,75)54(37(5)50(38(6)55(73)82-47)84-49-32-61(12,78-17)53(72)40(8)81-49)85-56-51(45(66(14)15)28-36(4)80-56)83-48(70)21-19-20-26-79-57(74)64(77)35(3)27-44-43-23-22-41-29-42(68)24-25-58(41,9)63(43,65)46(69)31-59(44,64)10/h24-25,29,34-40,43-47,49-54,56,69,71-72,75-77H,18-23,26-28,30-33H2,1-17H3/t34-,35-,36?,37+,38-,39-,40?,43?,44?,45-,46+,47-,49?,50+,51?,52-,53-,54-,56?,58+,59+,60-,61+,62-,63+,64+/m1/s1. The van der Waals surface area contributed by atoms with Gasteiger partial charge in [-0.3, -0.25) is 14.4 Å². The van der Waals surface area contributed by atoms with Crippen LogP contribution in [0.25, 0.3) is 0 Å². The highest BCUT2D eigenvalue weighted by Crippen LogP contribution is 2.71. The molecule has 3 saturated carbocycles. The molecule has 486 valence electrons. The smallest absolute Gasteiger partial charge is 0.338 e. The van der Waals surface area contributed by atoms with Crippen molar-refractivity contribution in [3.63, 3.8) is 0 Å². The van der Waals surface area contributed by atoms with Crippen molar-refractivity contribution in [2.24, 2.45) is 46.3 Å². The van der Waals surface area contributed by atoms with Crippen LogP contribution >= 0.6 is 0 Å². The molecule has 6 fully saturated rings. The first-order valence-corrected chi connectivity index (χ1v) is 31.3. The Kier molecular flexibility index (Phi) is 21.3. The van der Waals surface area contributed by atoms with E-state index in [0.717, 1.165) is 0 Å². The average molecular weight is 1210 g/mol. The number of cyclic esters (lactones) is 1. The van der Waals surface area contributed by atoms with Crippen LogP contribution in [-0.4, -0.2) is 213 Å². The van der Waals surface area contributed by atoms with Gasteiger partial charge in [-0.25, -0.2) is 9.18 Å². The molecule has 0 amide bonds. The van der Waals surface area contributed by atoms with Crippen molar-refractivity contribution in [3.8, 4) is 0 Å². The maximum atomic E-state index is 17.8. The number of rotatable bonds is 14. The van der Waals surface area contributed by atoms with E-state index in [1.54, 1.807) is 75.3 Å². The summed E-state index contributed by atoms with van der Waals surface area (Å²) in [5.41, 5.74) is -10.7. The topological polar surface area (TPSA) is 270 Å². The number of ether oxygens (including phenoxy) is 8. The Bertz CT molecular complexity index is 2440. The highest BCUT2D eigenvalue weighted by atomic mass is 19.1. The molecule has 20 nitrogen and oxygen atoms in total. The number of nitrogens with zero attached hydrogens (tertiary/aromatic N) is 2. The molecular weight excluding hydrogens is 1100 g/mol. The number of fused-ring (bicyclic) bond motifs is 5. The van der Waals surface area contributed by atoms with Gasteiger partial charge in [-0.05, 0) is 164 Å². The van der Waals surface area contributed by atoms with Crippen LogP contribution in [0.2, 0.25) is 0 Å². The third kappa shape index (κ3) is 12.9. The number of aliphatic hydroxyl groups is 6. The minimum Gasteiger partial charge on any atom is -0.464 e. The third-order valence-electron chi connectivity index (χ3n) is 22.0. The van der Waals surface area contributed by atoms with E-state index in [-0.39, 0.29) is 63.3 Å². The lowest BCUT2D eigenvalue weighted by atomic mass is 9.45. The second-order valence-electron chi connectivity index (χ2n) is 28.4. The van der Waals surface area contributed by atoms with Crippen molar-refractivity contribution in [2.75, 3.05) is 41.4 Å². The molecule has 3 aliphatic heterocycles. The molecule has 0 aromatic carbocycles. The number of alkyl halides is 1. The number of carbonyl (C=O) groups excluding carboxylic acids is 4. The first kappa shape index (κ1) is 69.4. The van der Waals surface area contributed by atoms with Gasteiger partial charge in [0.15, 0.2) is 35.7 Å². The first-order valence-electron chi connectivity index (χ1n) is 31.3. The largest absolute Gasteiger partial charge is 0.464 e. The fourth-order valence-electron chi connectivity index (χ4n) is 16.7. The van der Waals surface area contributed by atoms with Crippen LogP contribution in [0.15, 0.2) is 23.8 Å². The Balaban J connectivity index is 1.10. The predicted octanol–water partition coefficient (Wildman–Crippen LogP) is 5.51. The third-order valence-corrected chi connectivity index (χ3v) is 22.0. The minimum atomic E-state index is -2.13. The van der Waals surface area contributed by atoms with E-state index in [4.69, 9.17) is 37.9 Å². The van der Waals surface area contributed by atoms with E-state index < -0.39 is 166 Å². The molecular formula is C64H105FN2O18. The number of aliphatic hydroxyl groups excluding tert-OH is 3. The molecule has 21 heteroatoms. The monoisotopic (exact) mass is 1210 g/mol. The number of halogens is 1. The number of hydrogen-bond donors (Lipinski definition) is 6. The van der Waals surface area contributed by atoms with E-state index >= 15 is 4.39 Å². The van der Waals surface area contributed by atoms with E-state index in [9.17, 15) is 49.8 Å². The van der Waals surface area contributed by atoms with E-state index in [2.05, 4.69) is 0 Å². The van der Waals surface area contributed by atoms with Gasteiger partial charge in [0.05, 0.1) is 60.3 Å². The molecule has 0 aromatic rings. The molecule has 7 unspecified atom stereocenters. The molecule has 3 heterocycles. The summed E-state index contributed by atoms with van der Waals surface area (Å²) in [7, 11) is 7.00. The number of allylic oxidation sites excluding steroid dienone is 4. The van der Waals surface area contributed by atoms with Crippen molar-refractivity contribution in [1.82, 2.24) is 9.80 Å². The van der Waals surface area contributed by atoms with Crippen LogP contribution in [0.3, 0.4) is 0 Å². The van der Waals surface area contributed by atoms with E-state index in [1.165, 1.54) is 26.2 Å². The van der Waals surface area contributed by atoms with Gasteiger partial charge in [0.1, 0.15) is 23.9 Å². The van der Waals surface area contributed by atoms with Crippen LogP contribution in [-0.2, 0) is 57.1 Å². The van der Waals surface area contributed by atoms with Gasteiger partial charge in [0, 0.05) is 55.2 Å². The summed E-state index contributed by atoms with van der Waals surface area (Å²) in [4.78, 5) is 59.2. The molecule has 7 aliphatic rings. The Morgan fingerprint density at radius 1 is 0.871 bits per heavy atom. The number of hydrogen-bond acceptors (Lipinski definition) is 20. The Labute approximate surface area is 503 Å². The number of methoxy groups -OCH3 is 1. The second-order valence-corrected chi connectivity index (χ2v) is 28.4. The molecule has 0 bridgehead atoms. The van der Waals surface area contributed by atoms with Crippen LogP contribution in [0.4, 0.5) is 4.39 Å². The highest BCUT2D eigenvalue weighted by molar-refractivity contribution is 6.01. The fraction of sp³-hybridized carbons (Fsp3) is 0.875. The zero-order valence-corrected chi connectivity index (χ0v) is 53.7. The van der Waals surface area contributed by atoms with Gasteiger partial charge < -0.3 is 78.3 Å². The van der Waals surface area contributed by atoms with Crippen molar-refractivity contribution < 1.29 is 92.1 Å². The van der Waals surface area contributed by atoms with Crippen molar-refractivity contribution in [2.45, 2.75) is 268 Å². The summed E-state index contributed by atoms with van der Waals surface area (Å²) in [6.45, 7) is 22.7. The molecule has 0 radical (unpaired) electrons. The van der Waals surface area contributed by atoms with Crippen LogP contribution in [0.1, 0.15) is 161 Å². The normalized spacial score (nSPS) is 48.4. The Morgan fingerprint density at radius 3 is 2.18 bits per heavy atom. The van der Waals surface area contributed by atoms with Crippen molar-refractivity contribution >= 4 is 23.7 Å². The molecule has 7 rings (SSSR count). The number of likely N-dealkylation sites (N-methyl/N-ethyl adjacent to an activating group) is 2. The second kappa shape index (κ2) is 26.1. The molecule has 85 heavy (non-hydrogen) atoms. The molecule has 0 aromatic heterocycles. The zero-order valence-electron chi connectivity index (χ0n) is 53.7. The number of unbranched alkanes of at least 4 members (excludes halogenated alkanes) is 1. The maximum Gasteiger partial charge on any atom is 0.338 e. The average Bonchev–Trinajstić information content (AvgIpc) is 1.71. The Hall–Kier alpha value is -3.03. The van der Waals surface area contributed by atoms with Crippen molar-refractivity contribution in [1.29, 1.82) is 0 Å².